The summed E-state index contributed by atoms with van der Waals surface area (Å²) in [6, 6.07) is 12.6. The van der Waals surface area contributed by atoms with E-state index in [4.69, 9.17) is 21.2 Å². The Morgan fingerprint density at radius 1 is 1.22 bits per heavy atom. The second-order valence-electron chi connectivity index (χ2n) is 5.72. The van der Waals surface area contributed by atoms with Gasteiger partial charge in [-0.15, -0.1) is 0 Å². The van der Waals surface area contributed by atoms with Crippen LogP contribution in [0, 0.1) is 0 Å². The van der Waals surface area contributed by atoms with E-state index in [0.717, 1.165) is 10.2 Å². The number of hydrogen-bond donors (Lipinski definition) is 0. The largest absolute Gasteiger partial charge is 0.496 e. The Bertz CT molecular complexity index is 1040. The van der Waals surface area contributed by atoms with Gasteiger partial charge < -0.3 is 9.57 Å². The molecule has 0 N–H and O–H groups in total. The molecule has 0 amide bonds. The molecule has 27 heavy (non-hydrogen) atoms. The highest BCUT2D eigenvalue weighted by Gasteiger charge is 2.15. The molecule has 1 aromatic heterocycles. The fourth-order valence-corrected chi connectivity index (χ4v) is 2.70. The lowest BCUT2D eigenvalue weighted by Gasteiger charge is -2.12. The van der Waals surface area contributed by atoms with E-state index in [2.05, 4.69) is 15.6 Å². The summed E-state index contributed by atoms with van der Waals surface area (Å²) in [6.45, 7) is 1.90. The summed E-state index contributed by atoms with van der Waals surface area (Å²) in [7, 11) is 3.07. The van der Waals surface area contributed by atoms with Gasteiger partial charge in [-0.25, -0.2) is 4.79 Å². The Labute approximate surface area is 160 Å². The van der Waals surface area contributed by atoms with Crippen molar-refractivity contribution in [1.82, 2.24) is 19.8 Å². The fraction of sp³-hybridized carbons (Fsp3) is 0.222. The van der Waals surface area contributed by atoms with Gasteiger partial charge in [0.25, 0.3) is 0 Å². The van der Waals surface area contributed by atoms with Gasteiger partial charge >= 0.3 is 5.69 Å². The number of aryl methyl sites for hydroxylation is 1. The second kappa shape index (κ2) is 8.05. The van der Waals surface area contributed by atoms with Crippen LogP contribution in [0.1, 0.15) is 18.1 Å². The maximum atomic E-state index is 12.2. The molecule has 8 nitrogen and oxygen atoms in total. The van der Waals surface area contributed by atoms with Gasteiger partial charge in [-0.05, 0) is 41.6 Å². The van der Waals surface area contributed by atoms with E-state index in [9.17, 15) is 4.79 Å². The van der Waals surface area contributed by atoms with E-state index in [1.165, 1.54) is 11.7 Å². The molecule has 0 aliphatic carbocycles. The number of tetrazole rings is 1. The summed E-state index contributed by atoms with van der Waals surface area (Å²) in [4.78, 5) is 17.7. The zero-order valence-corrected chi connectivity index (χ0v) is 15.8. The predicted octanol–water partition coefficient (Wildman–Crippen LogP) is 2.57. The standard InChI is InChI=1S/C18H18ClN5O3/c1-12(13-6-4-7-14(19)10-13)20-27-11-15-16(8-5-9-17(15)26-3)24-18(25)23(2)21-22-24/h4-10H,11H2,1-3H3. The fourth-order valence-electron chi connectivity index (χ4n) is 2.51. The Kier molecular flexibility index (Phi) is 5.56. The van der Waals surface area contributed by atoms with Gasteiger partial charge in [0.05, 0.1) is 24.1 Å². The molecule has 140 valence electrons. The first-order valence-corrected chi connectivity index (χ1v) is 8.47. The normalized spacial score (nSPS) is 11.5. The SMILES string of the molecule is COc1cccc(-n2nnn(C)c2=O)c1CON=C(C)c1cccc(Cl)c1. The van der Waals surface area contributed by atoms with Crippen LogP contribution in [0.5, 0.6) is 5.75 Å². The molecule has 0 spiro atoms. The van der Waals surface area contributed by atoms with E-state index in [1.807, 2.05) is 19.1 Å². The number of hydrogen-bond acceptors (Lipinski definition) is 6. The number of halogens is 1. The number of ether oxygens (including phenoxy) is 1. The van der Waals surface area contributed by atoms with Crippen molar-refractivity contribution in [1.29, 1.82) is 0 Å². The minimum absolute atomic E-state index is 0.0836. The minimum Gasteiger partial charge on any atom is -0.496 e. The van der Waals surface area contributed by atoms with Crippen molar-refractivity contribution >= 4 is 17.3 Å². The topological polar surface area (TPSA) is 83.5 Å². The van der Waals surface area contributed by atoms with E-state index in [0.29, 0.717) is 27.7 Å². The number of nitrogens with zero attached hydrogens (tertiary/aromatic N) is 5. The number of benzene rings is 2. The number of aromatic nitrogens is 4. The highest BCUT2D eigenvalue weighted by Crippen LogP contribution is 2.25. The minimum atomic E-state index is -0.372. The molecule has 9 heteroatoms. The van der Waals surface area contributed by atoms with Crippen LogP contribution in [0.15, 0.2) is 52.4 Å². The first-order valence-electron chi connectivity index (χ1n) is 8.09. The van der Waals surface area contributed by atoms with Crippen molar-refractivity contribution in [3.63, 3.8) is 0 Å². The maximum Gasteiger partial charge on any atom is 0.368 e. The lowest BCUT2D eigenvalue weighted by molar-refractivity contribution is 0.128. The molecule has 0 radical (unpaired) electrons. The van der Waals surface area contributed by atoms with Crippen LogP contribution in [0.25, 0.3) is 5.69 Å². The van der Waals surface area contributed by atoms with Gasteiger partial charge in [-0.3, -0.25) is 0 Å². The van der Waals surface area contributed by atoms with Gasteiger partial charge in [-0.1, -0.05) is 35.0 Å². The van der Waals surface area contributed by atoms with Crippen LogP contribution in [0.4, 0.5) is 0 Å². The zero-order valence-electron chi connectivity index (χ0n) is 15.1. The first kappa shape index (κ1) is 18.7. The second-order valence-corrected chi connectivity index (χ2v) is 6.15. The van der Waals surface area contributed by atoms with Crippen LogP contribution in [0.2, 0.25) is 5.02 Å². The van der Waals surface area contributed by atoms with E-state index in [1.54, 1.807) is 37.4 Å². The lowest BCUT2D eigenvalue weighted by Crippen LogP contribution is -2.23. The highest BCUT2D eigenvalue weighted by molar-refractivity contribution is 6.31. The summed E-state index contributed by atoms with van der Waals surface area (Å²) in [5.74, 6) is 0.556. The van der Waals surface area contributed by atoms with E-state index < -0.39 is 0 Å². The van der Waals surface area contributed by atoms with Crippen LogP contribution < -0.4 is 10.4 Å². The highest BCUT2D eigenvalue weighted by atomic mass is 35.5. The summed E-state index contributed by atoms with van der Waals surface area (Å²) in [5.41, 5.74) is 2.30. The molecule has 0 unspecified atom stereocenters. The molecule has 3 aromatic rings. The summed E-state index contributed by atoms with van der Waals surface area (Å²) in [6.07, 6.45) is 0. The zero-order chi connectivity index (χ0) is 19.4. The third-order valence-electron chi connectivity index (χ3n) is 3.93. The quantitative estimate of drug-likeness (QED) is 0.479. The molecule has 1 heterocycles. The molecule has 0 aliphatic rings. The third kappa shape index (κ3) is 4.01. The Balaban J connectivity index is 1.89. The smallest absolute Gasteiger partial charge is 0.368 e. The molecular weight excluding hydrogens is 370 g/mol. The third-order valence-corrected chi connectivity index (χ3v) is 4.17. The monoisotopic (exact) mass is 387 g/mol. The van der Waals surface area contributed by atoms with E-state index >= 15 is 0 Å². The Morgan fingerprint density at radius 2 is 2.00 bits per heavy atom. The van der Waals surface area contributed by atoms with Crippen molar-refractivity contribution in [3.05, 3.63) is 69.1 Å². The predicted molar refractivity (Wildman–Crippen MR) is 102 cm³/mol. The van der Waals surface area contributed by atoms with Gasteiger partial charge in [0.2, 0.25) is 0 Å². The van der Waals surface area contributed by atoms with Crippen LogP contribution in [0.3, 0.4) is 0 Å². The van der Waals surface area contributed by atoms with E-state index in [-0.39, 0.29) is 12.3 Å². The van der Waals surface area contributed by atoms with Crippen LogP contribution in [-0.4, -0.2) is 32.6 Å². The average molecular weight is 388 g/mol. The molecule has 0 bridgehead atoms. The Hall–Kier alpha value is -3.13. The molecule has 0 atom stereocenters. The van der Waals surface area contributed by atoms with Gasteiger partial charge in [-0.2, -0.15) is 9.36 Å². The van der Waals surface area contributed by atoms with Gasteiger partial charge in [0.1, 0.15) is 12.4 Å². The van der Waals surface area contributed by atoms with Crippen molar-refractivity contribution in [3.8, 4) is 11.4 Å². The van der Waals surface area contributed by atoms with Gasteiger partial charge in [0, 0.05) is 17.6 Å². The van der Waals surface area contributed by atoms with Gasteiger partial charge in [0.15, 0.2) is 0 Å². The summed E-state index contributed by atoms with van der Waals surface area (Å²) < 4.78 is 7.73. The number of oxime groups is 1. The molecule has 0 aliphatic heterocycles. The molecule has 0 saturated heterocycles. The Morgan fingerprint density at radius 3 is 2.67 bits per heavy atom. The van der Waals surface area contributed by atoms with Crippen molar-refractivity contribution in [2.24, 2.45) is 12.2 Å². The maximum absolute atomic E-state index is 12.2. The van der Waals surface area contributed by atoms with Crippen molar-refractivity contribution in [2.45, 2.75) is 13.5 Å². The summed E-state index contributed by atoms with van der Waals surface area (Å²) in [5, 5.41) is 12.4. The van der Waals surface area contributed by atoms with Crippen molar-refractivity contribution < 1.29 is 9.57 Å². The van der Waals surface area contributed by atoms with Crippen LogP contribution in [-0.2, 0) is 18.5 Å². The number of methoxy groups -OCH3 is 1. The summed E-state index contributed by atoms with van der Waals surface area (Å²) >= 11 is 6.00. The first-order chi connectivity index (χ1) is 13.0. The molecular formula is C18H18ClN5O3. The molecule has 0 saturated carbocycles. The number of rotatable bonds is 6. The average Bonchev–Trinajstić information content (AvgIpc) is 3.00. The van der Waals surface area contributed by atoms with Crippen LogP contribution >= 0.6 is 11.6 Å². The molecule has 3 rings (SSSR count). The molecule has 2 aromatic carbocycles. The van der Waals surface area contributed by atoms with Crippen molar-refractivity contribution in [2.75, 3.05) is 7.11 Å². The molecule has 0 fully saturated rings. The lowest BCUT2D eigenvalue weighted by atomic mass is 10.1.